The van der Waals surface area contributed by atoms with Crippen LogP contribution in [-0.2, 0) is 0 Å². The van der Waals surface area contributed by atoms with Gasteiger partial charge in [0.2, 0.25) is 0 Å². The van der Waals surface area contributed by atoms with E-state index in [4.69, 9.17) is 0 Å². The number of hydrogen-bond acceptors (Lipinski definition) is 1. The van der Waals surface area contributed by atoms with Crippen molar-refractivity contribution < 1.29 is 4.39 Å². The number of anilines is 1. The van der Waals surface area contributed by atoms with Gasteiger partial charge in [-0.25, -0.2) is 4.39 Å². The zero-order valence-corrected chi connectivity index (χ0v) is 13.9. The summed E-state index contributed by atoms with van der Waals surface area (Å²) < 4.78 is 14.5. The van der Waals surface area contributed by atoms with Crippen molar-refractivity contribution >= 4 is 11.3 Å². The van der Waals surface area contributed by atoms with Gasteiger partial charge in [0.05, 0.1) is 0 Å². The minimum absolute atomic E-state index is 0.633. The van der Waals surface area contributed by atoms with E-state index in [1.165, 1.54) is 0 Å². The van der Waals surface area contributed by atoms with Gasteiger partial charge in [-0.15, -0.1) is 5.73 Å². The monoisotopic (exact) mass is 297 g/mol. The number of rotatable bonds is 6. The summed E-state index contributed by atoms with van der Waals surface area (Å²) in [6.07, 6.45) is 3.47. The van der Waals surface area contributed by atoms with Gasteiger partial charge in [-0.2, -0.15) is 0 Å². The Hall–Kier alpha value is -2.31. The molecule has 0 atom stereocenters. The van der Waals surface area contributed by atoms with Crippen LogP contribution in [0, 0.1) is 6.92 Å². The molecular weight excluding hydrogens is 273 g/mol. The highest BCUT2D eigenvalue weighted by molar-refractivity contribution is 5.77. The zero-order valence-electron chi connectivity index (χ0n) is 13.9. The Morgan fingerprint density at radius 3 is 2.41 bits per heavy atom. The normalized spacial score (nSPS) is 11.6. The van der Waals surface area contributed by atoms with Crippen molar-refractivity contribution in [2.75, 3.05) is 5.32 Å². The summed E-state index contributed by atoms with van der Waals surface area (Å²) in [6, 6.07) is 5.79. The molecule has 0 amide bonds. The fourth-order valence-electron chi connectivity index (χ4n) is 2.20. The fraction of sp³-hybridized carbons (Fsp3) is 0.250. The van der Waals surface area contributed by atoms with Gasteiger partial charge < -0.3 is 5.32 Å². The molecule has 0 aliphatic carbocycles. The van der Waals surface area contributed by atoms with Crippen LogP contribution in [0.25, 0.3) is 5.57 Å². The van der Waals surface area contributed by atoms with Crippen LogP contribution in [0.1, 0.15) is 31.9 Å². The summed E-state index contributed by atoms with van der Waals surface area (Å²) >= 11 is 0. The van der Waals surface area contributed by atoms with Gasteiger partial charge in [0.1, 0.15) is 5.67 Å². The van der Waals surface area contributed by atoms with E-state index in [0.29, 0.717) is 11.3 Å². The fourth-order valence-corrected chi connectivity index (χ4v) is 2.20. The highest BCUT2D eigenvalue weighted by Gasteiger charge is 2.24. The summed E-state index contributed by atoms with van der Waals surface area (Å²) in [6.45, 7) is 18.2. The first-order valence-corrected chi connectivity index (χ1v) is 7.14. The van der Waals surface area contributed by atoms with Gasteiger partial charge in [0.15, 0.2) is 0 Å². The SMILES string of the molecule is C=C=CC(=C)Nc1ccc(/C(=C\C(=C)C)C(C)(C)F)c(C)c1. The molecule has 116 valence electrons. The molecule has 0 saturated heterocycles. The maximum absolute atomic E-state index is 14.5. The number of aryl methyl sites for hydroxylation is 1. The maximum Gasteiger partial charge on any atom is 0.131 e. The number of hydrogen-bond donors (Lipinski definition) is 1. The molecule has 1 aromatic rings. The number of nitrogens with one attached hydrogen (secondary N) is 1. The van der Waals surface area contributed by atoms with E-state index in [-0.39, 0.29) is 0 Å². The molecule has 0 aliphatic rings. The van der Waals surface area contributed by atoms with E-state index in [1.807, 2.05) is 32.0 Å². The minimum atomic E-state index is -1.44. The van der Waals surface area contributed by atoms with Gasteiger partial charge in [-0.05, 0) is 56.5 Å². The lowest BCUT2D eigenvalue weighted by Crippen LogP contribution is -2.15. The third kappa shape index (κ3) is 4.91. The number of alkyl halides is 1. The molecule has 22 heavy (non-hydrogen) atoms. The van der Waals surface area contributed by atoms with Crippen molar-refractivity contribution in [3.63, 3.8) is 0 Å². The van der Waals surface area contributed by atoms with Crippen LogP contribution >= 0.6 is 0 Å². The molecule has 1 N–H and O–H groups in total. The zero-order chi connectivity index (χ0) is 16.9. The van der Waals surface area contributed by atoms with Crippen LogP contribution < -0.4 is 5.32 Å². The van der Waals surface area contributed by atoms with Gasteiger partial charge in [0.25, 0.3) is 0 Å². The molecule has 1 aromatic carbocycles. The molecule has 0 unspecified atom stereocenters. The average Bonchev–Trinajstić information content (AvgIpc) is 2.35. The Bertz CT molecular complexity index is 665. The van der Waals surface area contributed by atoms with Crippen LogP contribution in [0.3, 0.4) is 0 Å². The third-order valence-electron chi connectivity index (χ3n) is 3.13. The van der Waals surface area contributed by atoms with Crippen molar-refractivity contribution in [2.45, 2.75) is 33.4 Å². The molecule has 0 aromatic heterocycles. The van der Waals surface area contributed by atoms with Gasteiger partial charge in [0, 0.05) is 17.5 Å². The maximum atomic E-state index is 14.5. The second-order valence-electron chi connectivity index (χ2n) is 5.91. The summed E-state index contributed by atoms with van der Waals surface area (Å²) in [7, 11) is 0. The van der Waals surface area contributed by atoms with Gasteiger partial charge >= 0.3 is 0 Å². The molecule has 0 fully saturated rings. The molecule has 0 saturated carbocycles. The van der Waals surface area contributed by atoms with E-state index >= 15 is 0 Å². The van der Waals surface area contributed by atoms with Crippen molar-refractivity contribution in [2.24, 2.45) is 0 Å². The predicted octanol–water partition coefficient (Wildman–Crippen LogP) is 5.97. The molecule has 2 heteroatoms. The van der Waals surface area contributed by atoms with Crippen molar-refractivity contribution in [1.29, 1.82) is 0 Å². The van der Waals surface area contributed by atoms with E-state index in [9.17, 15) is 4.39 Å². The van der Waals surface area contributed by atoms with Gasteiger partial charge in [-0.3, -0.25) is 0 Å². The summed E-state index contributed by atoms with van der Waals surface area (Å²) in [5.74, 6) is 0. The molecule has 0 aliphatic heterocycles. The lowest BCUT2D eigenvalue weighted by molar-refractivity contribution is 0.300. The highest BCUT2D eigenvalue weighted by atomic mass is 19.1. The van der Waals surface area contributed by atoms with Crippen LogP contribution in [-0.4, -0.2) is 5.67 Å². The second-order valence-corrected chi connectivity index (χ2v) is 5.91. The van der Waals surface area contributed by atoms with Gasteiger partial charge in [-0.1, -0.05) is 37.5 Å². The number of allylic oxidation sites excluding steroid dienone is 4. The van der Waals surface area contributed by atoms with E-state index in [0.717, 1.165) is 22.4 Å². The Labute approximate surface area is 133 Å². The third-order valence-corrected chi connectivity index (χ3v) is 3.13. The second kappa shape index (κ2) is 7.11. The average molecular weight is 297 g/mol. The van der Waals surface area contributed by atoms with Crippen LogP contribution in [0.2, 0.25) is 0 Å². The molecular formula is C20H24FN. The first-order valence-electron chi connectivity index (χ1n) is 7.14. The first-order chi connectivity index (χ1) is 10.1. The molecule has 1 nitrogen and oxygen atoms in total. The van der Waals surface area contributed by atoms with Crippen molar-refractivity contribution in [3.8, 4) is 0 Å². The van der Waals surface area contributed by atoms with E-state index in [1.54, 1.807) is 26.0 Å². The Morgan fingerprint density at radius 2 is 1.95 bits per heavy atom. The molecule has 0 heterocycles. The standard InChI is InChI=1S/C20H24FN/c1-8-9-16(5)22-17-10-11-18(15(4)13-17)19(12-14(2)3)20(6,7)21/h9-13,22H,1-2,5H2,3-4,6-7H3/b19-12+. The van der Waals surface area contributed by atoms with Crippen LogP contribution in [0.4, 0.5) is 10.1 Å². The highest BCUT2D eigenvalue weighted by Crippen LogP contribution is 2.34. The number of halogens is 1. The van der Waals surface area contributed by atoms with Crippen LogP contribution in [0.5, 0.6) is 0 Å². The lowest BCUT2D eigenvalue weighted by Gasteiger charge is -2.22. The van der Waals surface area contributed by atoms with E-state index < -0.39 is 5.67 Å². The van der Waals surface area contributed by atoms with Crippen molar-refractivity contribution in [3.05, 3.63) is 78.2 Å². The van der Waals surface area contributed by atoms with Crippen LogP contribution in [0.15, 0.2) is 67.1 Å². The van der Waals surface area contributed by atoms with Crippen molar-refractivity contribution in [1.82, 2.24) is 0 Å². The Morgan fingerprint density at radius 1 is 1.32 bits per heavy atom. The molecule has 0 bridgehead atoms. The summed E-state index contributed by atoms with van der Waals surface area (Å²) in [4.78, 5) is 0. The smallest absolute Gasteiger partial charge is 0.131 e. The lowest BCUT2D eigenvalue weighted by atomic mass is 9.88. The molecule has 0 spiro atoms. The first kappa shape index (κ1) is 17.7. The Kier molecular flexibility index (Phi) is 5.73. The largest absolute Gasteiger partial charge is 0.355 e. The minimum Gasteiger partial charge on any atom is -0.355 e. The quantitative estimate of drug-likeness (QED) is 0.504. The topological polar surface area (TPSA) is 12.0 Å². The number of benzene rings is 1. The predicted molar refractivity (Wildman–Crippen MR) is 95.6 cm³/mol. The molecule has 0 radical (unpaired) electrons. The molecule has 1 rings (SSSR count). The summed E-state index contributed by atoms with van der Waals surface area (Å²) in [5, 5.41) is 3.15. The van der Waals surface area contributed by atoms with E-state index in [2.05, 4.69) is 30.8 Å². The Balaban J connectivity index is 3.24. The summed E-state index contributed by atoms with van der Waals surface area (Å²) in [5.41, 5.74) is 6.15.